The lowest BCUT2D eigenvalue weighted by Gasteiger charge is -2.03. The summed E-state index contributed by atoms with van der Waals surface area (Å²) >= 11 is 3.08. The van der Waals surface area contributed by atoms with E-state index in [0.29, 0.717) is 4.47 Å². The number of nitriles is 1. The van der Waals surface area contributed by atoms with E-state index >= 15 is 0 Å². The Balaban J connectivity index is 3.18. The van der Waals surface area contributed by atoms with Crippen molar-refractivity contribution in [1.29, 1.82) is 5.26 Å². The molecule has 0 aromatic heterocycles. The van der Waals surface area contributed by atoms with Gasteiger partial charge in [0.25, 0.3) is 0 Å². The maximum Gasteiger partial charge on any atom is 0.236 e. The summed E-state index contributed by atoms with van der Waals surface area (Å²) in [5, 5.41) is 8.60. The van der Waals surface area contributed by atoms with Gasteiger partial charge in [-0.25, -0.2) is 9.18 Å². The summed E-state index contributed by atoms with van der Waals surface area (Å²) in [5.41, 5.74) is 0.0686. The van der Waals surface area contributed by atoms with Crippen LogP contribution in [0, 0.1) is 17.1 Å². The number of aliphatic imine (C=N–C) groups is 1. The molecule has 1 rings (SSSR count). The predicted molar refractivity (Wildman–Crippen MR) is 50.6 cm³/mol. The number of carbonyl (C=O) groups excluding carboxylic acids is 1. The number of rotatable bonds is 2. The van der Waals surface area contributed by atoms with Crippen molar-refractivity contribution < 1.29 is 9.18 Å². The number of benzene rings is 1. The lowest BCUT2D eigenvalue weighted by Crippen LogP contribution is -1.95. The van der Waals surface area contributed by atoms with E-state index in [9.17, 15) is 9.18 Å². The van der Waals surface area contributed by atoms with Gasteiger partial charge < -0.3 is 0 Å². The highest BCUT2D eigenvalue weighted by Gasteiger charge is 2.13. The Hall–Kier alpha value is -1.50. The highest BCUT2D eigenvalue weighted by molar-refractivity contribution is 9.10. The molecule has 1 atom stereocenters. The minimum atomic E-state index is -1.12. The molecule has 0 bridgehead atoms. The first-order valence-corrected chi connectivity index (χ1v) is 4.40. The van der Waals surface area contributed by atoms with Gasteiger partial charge in [-0.2, -0.15) is 10.3 Å². The van der Waals surface area contributed by atoms with Gasteiger partial charge in [-0.3, -0.25) is 0 Å². The SMILES string of the molecule is N#CC(N=C=O)c1ccc(Br)cc1F. The van der Waals surface area contributed by atoms with Crippen molar-refractivity contribution in [3.05, 3.63) is 34.1 Å². The number of hydrogen-bond donors (Lipinski definition) is 0. The van der Waals surface area contributed by atoms with Crippen molar-refractivity contribution in [2.75, 3.05) is 0 Å². The van der Waals surface area contributed by atoms with Crippen LogP contribution in [0.4, 0.5) is 4.39 Å². The molecule has 0 spiro atoms. The monoisotopic (exact) mass is 254 g/mol. The lowest BCUT2D eigenvalue weighted by molar-refractivity contribution is 0.559. The van der Waals surface area contributed by atoms with Crippen LogP contribution in [0.5, 0.6) is 0 Å². The van der Waals surface area contributed by atoms with Crippen LogP contribution in [0.25, 0.3) is 0 Å². The van der Waals surface area contributed by atoms with Crippen LogP contribution < -0.4 is 0 Å². The van der Waals surface area contributed by atoms with Gasteiger partial charge in [-0.15, -0.1) is 0 Å². The van der Waals surface area contributed by atoms with E-state index in [-0.39, 0.29) is 5.56 Å². The third kappa shape index (κ3) is 2.25. The summed E-state index contributed by atoms with van der Waals surface area (Å²) in [6, 6.07) is 4.75. The van der Waals surface area contributed by atoms with Gasteiger partial charge in [0.2, 0.25) is 6.08 Å². The van der Waals surface area contributed by atoms with Gasteiger partial charge in [0.15, 0.2) is 6.04 Å². The average molecular weight is 255 g/mol. The average Bonchev–Trinajstić information content (AvgIpc) is 2.15. The van der Waals surface area contributed by atoms with Crippen LogP contribution in [-0.2, 0) is 4.79 Å². The Labute approximate surface area is 88.0 Å². The molecule has 3 nitrogen and oxygen atoms in total. The maximum absolute atomic E-state index is 13.2. The van der Waals surface area contributed by atoms with E-state index in [1.807, 2.05) is 0 Å². The summed E-state index contributed by atoms with van der Waals surface area (Å²) < 4.78 is 13.8. The van der Waals surface area contributed by atoms with Crippen molar-refractivity contribution in [3.63, 3.8) is 0 Å². The van der Waals surface area contributed by atoms with Crippen LogP contribution in [0.1, 0.15) is 11.6 Å². The first kappa shape index (κ1) is 10.6. The van der Waals surface area contributed by atoms with E-state index in [0.717, 1.165) is 0 Å². The molecular formula is C9H4BrFN2O. The van der Waals surface area contributed by atoms with E-state index in [2.05, 4.69) is 20.9 Å². The number of isocyanates is 1. The minimum absolute atomic E-state index is 0.0686. The van der Waals surface area contributed by atoms with Gasteiger partial charge in [-0.05, 0) is 12.1 Å². The van der Waals surface area contributed by atoms with E-state index < -0.39 is 11.9 Å². The standard InChI is InChI=1S/C9H4BrFN2O/c10-6-1-2-7(8(11)3-6)9(4-12)13-5-14/h1-3,9H. The fourth-order valence-electron chi connectivity index (χ4n) is 0.944. The molecule has 14 heavy (non-hydrogen) atoms. The molecule has 0 aliphatic carbocycles. The molecule has 70 valence electrons. The molecule has 0 fully saturated rings. The molecule has 0 radical (unpaired) electrons. The zero-order valence-corrected chi connectivity index (χ0v) is 8.45. The van der Waals surface area contributed by atoms with Gasteiger partial charge in [-0.1, -0.05) is 22.0 Å². The van der Waals surface area contributed by atoms with Crippen molar-refractivity contribution in [2.45, 2.75) is 6.04 Å². The molecule has 0 aliphatic rings. The first-order valence-electron chi connectivity index (χ1n) is 3.60. The fourth-order valence-corrected chi connectivity index (χ4v) is 1.28. The molecule has 0 saturated heterocycles. The normalized spacial score (nSPS) is 11.2. The second-order valence-corrected chi connectivity index (χ2v) is 3.33. The lowest BCUT2D eigenvalue weighted by atomic mass is 10.1. The quantitative estimate of drug-likeness (QED) is 0.602. The van der Waals surface area contributed by atoms with E-state index in [4.69, 9.17) is 5.26 Å². The van der Waals surface area contributed by atoms with E-state index in [1.165, 1.54) is 18.2 Å². The Morgan fingerprint density at radius 3 is 2.79 bits per heavy atom. The molecule has 0 amide bonds. The Morgan fingerprint density at radius 1 is 1.57 bits per heavy atom. The van der Waals surface area contributed by atoms with E-state index in [1.54, 1.807) is 12.1 Å². The first-order chi connectivity index (χ1) is 6.69. The smallest absolute Gasteiger partial charge is 0.211 e. The molecule has 1 aromatic rings. The van der Waals surface area contributed by atoms with Crippen LogP contribution in [-0.4, -0.2) is 6.08 Å². The zero-order chi connectivity index (χ0) is 10.6. The summed E-state index contributed by atoms with van der Waals surface area (Å²) in [6.07, 6.45) is 1.23. The molecule has 5 heteroatoms. The molecule has 0 N–H and O–H groups in total. The third-order valence-corrected chi connectivity index (χ3v) is 2.05. The Bertz CT molecular complexity index is 435. The maximum atomic E-state index is 13.2. The second-order valence-electron chi connectivity index (χ2n) is 2.42. The van der Waals surface area contributed by atoms with Gasteiger partial charge in [0.05, 0.1) is 6.07 Å². The zero-order valence-electron chi connectivity index (χ0n) is 6.87. The summed E-state index contributed by atoms with van der Waals surface area (Å²) in [4.78, 5) is 13.1. The highest BCUT2D eigenvalue weighted by Crippen LogP contribution is 2.22. The number of halogens is 2. The highest BCUT2D eigenvalue weighted by atomic mass is 79.9. The number of nitrogens with zero attached hydrogens (tertiary/aromatic N) is 2. The molecule has 0 aliphatic heterocycles. The molecule has 1 unspecified atom stereocenters. The van der Waals surface area contributed by atoms with Crippen LogP contribution in [0.2, 0.25) is 0 Å². The second kappa shape index (κ2) is 4.66. The molecule has 1 aromatic carbocycles. The molecule has 0 saturated carbocycles. The summed E-state index contributed by atoms with van der Waals surface area (Å²) in [6.45, 7) is 0. The Kier molecular flexibility index (Phi) is 3.52. The summed E-state index contributed by atoms with van der Waals surface area (Å²) in [5.74, 6) is -0.579. The van der Waals surface area contributed by atoms with Gasteiger partial charge >= 0.3 is 0 Å². The van der Waals surface area contributed by atoms with Crippen LogP contribution in [0.3, 0.4) is 0 Å². The topological polar surface area (TPSA) is 53.2 Å². The van der Waals surface area contributed by atoms with Crippen LogP contribution in [0.15, 0.2) is 27.7 Å². The predicted octanol–water partition coefficient (Wildman–Crippen LogP) is 2.49. The van der Waals surface area contributed by atoms with Crippen molar-refractivity contribution in [3.8, 4) is 6.07 Å². The van der Waals surface area contributed by atoms with Crippen molar-refractivity contribution in [1.82, 2.24) is 0 Å². The van der Waals surface area contributed by atoms with Gasteiger partial charge in [0.1, 0.15) is 5.82 Å². The third-order valence-electron chi connectivity index (χ3n) is 1.56. The number of hydrogen-bond acceptors (Lipinski definition) is 3. The largest absolute Gasteiger partial charge is 0.236 e. The van der Waals surface area contributed by atoms with Crippen LogP contribution >= 0.6 is 15.9 Å². The molecular weight excluding hydrogens is 251 g/mol. The fraction of sp³-hybridized carbons (Fsp3) is 0.111. The van der Waals surface area contributed by atoms with Crippen molar-refractivity contribution in [2.24, 2.45) is 4.99 Å². The molecule has 0 heterocycles. The van der Waals surface area contributed by atoms with Gasteiger partial charge in [0, 0.05) is 10.0 Å². The summed E-state index contributed by atoms with van der Waals surface area (Å²) in [7, 11) is 0. The minimum Gasteiger partial charge on any atom is -0.211 e. The van der Waals surface area contributed by atoms with Crippen molar-refractivity contribution >= 4 is 22.0 Å². The Morgan fingerprint density at radius 2 is 2.29 bits per heavy atom.